The zero-order chi connectivity index (χ0) is 14.1. The first-order chi connectivity index (χ1) is 9.09. The molecule has 6 nitrogen and oxygen atoms in total. The van der Waals surface area contributed by atoms with Gasteiger partial charge in [0.05, 0.1) is 5.92 Å². The molecule has 0 saturated carbocycles. The molecule has 20 heavy (non-hydrogen) atoms. The maximum absolute atomic E-state index is 10.3. The van der Waals surface area contributed by atoms with Crippen molar-refractivity contribution in [1.29, 1.82) is 0 Å². The number of hydrogen-bond donors (Lipinski definition) is 0. The maximum atomic E-state index is 10.3. The van der Waals surface area contributed by atoms with Gasteiger partial charge < -0.3 is 0 Å². The van der Waals surface area contributed by atoms with Crippen LogP contribution in [0.25, 0.3) is 0 Å². The van der Waals surface area contributed by atoms with Crippen LogP contribution in [-0.2, 0) is 17.1 Å². The molecule has 0 spiro atoms. The van der Waals surface area contributed by atoms with Gasteiger partial charge in [-0.05, 0) is 0 Å². The standard InChI is InChI=1S/C8H9N2O4.C5H5.Fe/c11-9(12)5-8(6-10(13)14)7-3-1-2-4-7;1-2-4-5-3-1;/h1-4,8H,5-6H2;1-5H;/q2*-1;+2. The molecule has 0 aliphatic heterocycles. The van der Waals surface area contributed by atoms with E-state index in [0.717, 1.165) is 0 Å². The second-order valence-corrected chi connectivity index (χ2v) is 3.91. The summed E-state index contributed by atoms with van der Waals surface area (Å²) in [7, 11) is 0. The van der Waals surface area contributed by atoms with Gasteiger partial charge >= 0.3 is 17.1 Å². The third-order valence-electron chi connectivity index (χ3n) is 2.45. The predicted octanol–water partition coefficient (Wildman–Crippen LogP) is 2.45. The summed E-state index contributed by atoms with van der Waals surface area (Å²) in [5.74, 6) is -0.630. The van der Waals surface area contributed by atoms with E-state index in [-0.39, 0.29) is 17.1 Å². The van der Waals surface area contributed by atoms with Gasteiger partial charge in [-0.1, -0.05) is 0 Å². The first-order valence-corrected chi connectivity index (χ1v) is 5.71. The fourth-order valence-corrected chi connectivity index (χ4v) is 1.61. The van der Waals surface area contributed by atoms with Crippen molar-refractivity contribution in [2.75, 3.05) is 13.1 Å². The molecule has 7 heteroatoms. The van der Waals surface area contributed by atoms with Gasteiger partial charge in [0.15, 0.2) is 0 Å². The van der Waals surface area contributed by atoms with Crippen LogP contribution in [0.1, 0.15) is 11.5 Å². The van der Waals surface area contributed by atoms with E-state index in [2.05, 4.69) is 0 Å². The normalized spacial score (nSPS) is 9.25. The molecule has 0 aliphatic rings. The van der Waals surface area contributed by atoms with Crippen molar-refractivity contribution in [1.82, 2.24) is 0 Å². The molecule has 0 heterocycles. The summed E-state index contributed by atoms with van der Waals surface area (Å²) in [5, 5.41) is 20.5. The average Bonchev–Trinajstić information content (AvgIpc) is 3.04. The molecule has 0 unspecified atom stereocenters. The van der Waals surface area contributed by atoms with E-state index in [0.29, 0.717) is 5.56 Å². The fraction of sp³-hybridized carbons (Fsp3) is 0.231. The van der Waals surface area contributed by atoms with Crippen LogP contribution in [0.15, 0.2) is 54.6 Å². The zero-order valence-electron chi connectivity index (χ0n) is 10.6. The summed E-state index contributed by atoms with van der Waals surface area (Å²) < 4.78 is 0. The molecule has 0 saturated heterocycles. The Kier molecular flexibility index (Phi) is 8.91. The van der Waals surface area contributed by atoms with E-state index in [9.17, 15) is 20.2 Å². The Hall–Kier alpha value is -1.98. The Bertz CT molecular complexity index is 449. The van der Waals surface area contributed by atoms with Crippen LogP contribution in [0.2, 0.25) is 0 Å². The number of nitro groups is 2. The van der Waals surface area contributed by atoms with Gasteiger partial charge in [-0.2, -0.15) is 42.0 Å². The van der Waals surface area contributed by atoms with Crippen molar-refractivity contribution >= 4 is 0 Å². The molecule has 0 atom stereocenters. The van der Waals surface area contributed by atoms with Gasteiger partial charge in [0.1, 0.15) is 0 Å². The summed E-state index contributed by atoms with van der Waals surface area (Å²) in [5.41, 5.74) is 0.651. The van der Waals surface area contributed by atoms with Crippen LogP contribution in [0.4, 0.5) is 0 Å². The van der Waals surface area contributed by atoms with E-state index in [4.69, 9.17) is 0 Å². The van der Waals surface area contributed by atoms with Gasteiger partial charge in [-0.25, -0.2) is 18.2 Å². The molecule has 2 aromatic carbocycles. The van der Waals surface area contributed by atoms with Crippen LogP contribution in [0.3, 0.4) is 0 Å². The van der Waals surface area contributed by atoms with Crippen LogP contribution < -0.4 is 0 Å². The fourth-order valence-electron chi connectivity index (χ4n) is 1.61. The number of hydrogen-bond acceptors (Lipinski definition) is 4. The molecule has 0 aromatic heterocycles. The van der Waals surface area contributed by atoms with Crippen molar-refractivity contribution in [3.05, 3.63) is 80.4 Å². The van der Waals surface area contributed by atoms with E-state index >= 15 is 0 Å². The smallest absolute Gasteiger partial charge is 0.265 e. The topological polar surface area (TPSA) is 86.3 Å². The van der Waals surface area contributed by atoms with Crippen LogP contribution in [0, 0.1) is 20.2 Å². The molecule has 2 rings (SSSR count). The van der Waals surface area contributed by atoms with Crippen molar-refractivity contribution in [3.63, 3.8) is 0 Å². The minimum absolute atomic E-state index is 0. The molecule has 0 bridgehead atoms. The number of nitrogens with zero attached hydrogens (tertiary/aromatic N) is 2. The summed E-state index contributed by atoms with van der Waals surface area (Å²) >= 11 is 0. The van der Waals surface area contributed by atoms with E-state index in [1.807, 2.05) is 30.3 Å². The van der Waals surface area contributed by atoms with Crippen LogP contribution >= 0.6 is 0 Å². The minimum atomic E-state index is -0.630. The minimum Gasteiger partial charge on any atom is -0.265 e. The Morgan fingerprint density at radius 3 is 1.85 bits per heavy atom. The van der Waals surface area contributed by atoms with Crippen molar-refractivity contribution < 1.29 is 26.9 Å². The summed E-state index contributed by atoms with van der Waals surface area (Å²) in [6.45, 7) is -0.796. The van der Waals surface area contributed by atoms with Gasteiger partial charge in [0.25, 0.3) is 0 Å². The summed E-state index contributed by atoms with van der Waals surface area (Å²) in [4.78, 5) is 19.5. The largest absolute Gasteiger partial charge is 2.00 e. The van der Waals surface area contributed by atoms with Crippen LogP contribution in [-0.4, -0.2) is 22.9 Å². The Morgan fingerprint density at radius 1 is 1.00 bits per heavy atom. The van der Waals surface area contributed by atoms with Gasteiger partial charge in [0, 0.05) is 9.85 Å². The monoisotopic (exact) mass is 318 g/mol. The number of rotatable bonds is 5. The third kappa shape index (κ3) is 7.45. The molecule has 0 radical (unpaired) electrons. The van der Waals surface area contributed by atoms with E-state index in [1.165, 1.54) is 0 Å². The van der Waals surface area contributed by atoms with E-state index in [1.54, 1.807) is 24.3 Å². The first-order valence-electron chi connectivity index (χ1n) is 5.71. The van der Waals surface area contributed by atoms with E-state index < -0.39 is 28.9 Å². The Balaban J connectivity index is 0.000000507. The molecule has 0 fully saturated rings. The van der Waals surface area contributed by atoms with Crippen molar-refractivity contribution in [2.24, 2.45) is 0 Å². The third-order valence-corrected chi connectivity index (χ3v) is 2.45. The molecule has 0 N–H and O–H groups in total. The second kappa shape index (κ2) is 9.89. The van der Waals surface area contributed by atoms with Gasteiger partial charge in [-0.15, -0.1) is 0 Å². The first kappa shape index (κ1) is 18.0. The maximum Gasteiger partial charge on any atom is 2.00 e. The molecular formula is C13H14FeN2O4. The SMILES string of the molecule is O=[N+]([O-])CC(C[N+](=O)[O-])c1cc[cH-]c1.[Fe+2].c1cc[cH-]c1. The quantitative estimate of drug-likeness (QED) is 0.367. The van der Waals surface area contributed by atoms with Crippen LogP contribution in [0.5, 0.6) is 0 Å². The van der Waals surface area contributed by atoms with Gasteiger partial charge in [0.2, 0.25) is 13.1 Å². The molecule has 0 aliphatic carbocycles. The van der Waals surface area contributed by atoms with Gasteiger partial charge in [-0.3, -0.25) is 20.2 Å². The zero-order valence-corrected chi connectivity index (χ0v) is 11.7. The van der Waals surface area contributed by atoms with Crippen molar-refractivity contribution in [3.8, 4) is 0 Å². The molecular weight excluding hydrogens is 304 g/mol. The summed E-state index contributed by atoms with van der Waals surface area (Å²) in [6, 6.07) is 16.7. The molecule has 108 valence electrons. The Labute approximate surface area is 126 Å². The average molecular weight is 318 g/mol. The van der Waals surface area contributed by atoms with Crippen molar-refractivity contribution in [2.45, 2.75) is 5.92 Å². The molecule has 0 amide bonds. The molecule has 2 aromatic rings. The Morgan fingerprint density at radius 2 is 1.55 bits per heavy atom. The second-order valence-electron chi connectivity index (χ2n) is 3.91. The predicted molar refractivity (Wildman–Crippen MR) is 70.5 cm³/mol. The summed E-state index contributed by atoms with van der Waals surface area (Å²) in [6.07, 6.45) is 0.